The number of nitrogens with zero attached hydrogens (tertiary/aromatic N) is 1. The Labute approximate surface area is 449 Å². The van der Waals surface area contributed by atoms with E-state index >= 15 is 0 Å². The predicted molar refractivity (Wildman–Crippen MR) is 313 cm³/mol. The van der Waals surface area contributed by atoms with Gasteiger partial charge in [0.2, 0.25) is 5.91 Å². The van der Waals surface area contributed by atoms with Crippen LogP contribution in [0, 0.1) is 0 Å². The van der Waals surface area contributed by atoms with Crippen molar-refractivity contribution in [3.8, 4) is 0 Å². The maximum absolute atomic E-state index is 13.5. The molecule has 3 atom stereocenters. The maximum atomic E-state index is 13.5. The van der Waals surface area contributed by atoms with Crippen LogP contribution in [-0.2, 0) is 27.9 Å². The van der Waals surface area contributed by atoms with Gasteiger partial charge in [-0.3, -0.25) is 18.6 Å². The molecule has 418 valence electrons. The van der Waals surface area contributed by atoms with Gasteiger partial charge in [-0.05, 0) is 109 Å². The van der Waals surface area contributed by atoms with Gasteiger partial charge in [0.1, 0.15) is 19.3 Å². The summed E-state index contributed by atoms with van der Waals surface area (Å²) < 4.78 is 30.5. The monoisotopic (exact) mass is 1040 g/mol. The molecule has 0 fully saturated rings. The van der Waals surface area contributed by atoms with Crippen molar-refractivity contribution in [2.75, 3.05) is 40.9 Å². The van der Waals surface area contributed by atoms with E-state index in [1.807, 2.05) is 33.3 Å². The molecule has 0 saturated heterocycles. The lowest BCUT2D eigenvalue weighted by molar-refractivity contribution is -0.870. The molecule has 0 aliphatic carbocycles. The normalized spacial score (nSPS) is 14.6. The van der Waals surface area contributed by atoms with Gasteiger partial charge in [0.25, 0.3) is 0 Å². The second-order valence-corrected chi connectivity index (χ2v) is 21.9. The van der Waals surface area contributed by atoms with E-state index in [0.717, 1.165) is 70.6 Å². The number of carbonyl (C=O) groups excluding carboxylic acids is 2. The minimum Gasteiger partial charge on any atom is -0.456 e. The number of phosphoric acid groups is 1. The zero-order valence-electron chi connectivity index (χ0n) is 47.6. The maximum Gasteiger partial charge on any atom is 0.472 e. The van der Waals surface area contributed by atoms with Gasteiger partial charge >= 0.3 is 13.8 Å². The number of carbonyl (C=O) groups is 2. The zero-order valence-corrected chi connectivity index (χ0v) is 48.5. The van der Waals surface area contributed by atoms with Gasteiger partial charge in [0, 0.05) is 12.8 Å². The highest BCUT2D eigenvalue weighted by Gasteiger charge is 2.30. The summed E-state index contributed by atoms with van der Waals surface area (Å²) in [5.74, 6) is -0.644. The first kappa shape index (κ1) is 69.7. The Balaban J connectivity index is 5.56. The number of amides is 1. The van der Waals surface area contributed by atoms with Crippen molar-refractivity contribution in [3.63, 3.8) is 0 Å². The number of likely N-dealkylation sites (N-methyl/N-ethyl adjacent to an activating group) is 1. The Morgan fingerprint density at radius 2 is 0.836 bits per heavy atom. The fourth-order valence-electron chi connectivity index (χ4n) is 7.63. The van der Waals surface area contributed by atoms with Crippen LogP contribution in [0.2, 0.25) is 0 Å². The molecule has 0 bridgehead atoms. The summed E-state index contributed by atoms with van der Waals surface area (Å²) in [6.07, 6.45) is 71.0. The average molecular weight is 1040 g/mol. The van der Waals surface area contributed by atoms with Gasteiger partial charge in [-0.1, -0.05) is 214 Å². The van der Waals surface area contributed by atoms with E-state index in [1.165, 1.54) is 109 Å². The molecule has 2 N–H and O–H groups in total. The highest BCUT2D eigenvalue weighted by Crippen LogP contribution is 2.43. The highest BCUT2D eigenvalue weighted by molar-refractivity contribution is 7.47. The molecule has 9 nitrogen and oxygen atoms in total. The smallest absolute Gasteiger partial charge is 0.456 e. The molecular formula is C63H110N2O7P+. The molecule has 3 unspecified atom stereocenters. The number of rotatable bonds is 51. The Hall–Kier alpha value is -3.33. The molecule has 0 aromatic rings. The summed E-state index contributed by atoms with van der Waals surface area (Å²) >= 11 is 0. The fraction of sp³-hybridized carbons (Fsp3) is 0.683. The molecule has 0 aromatic carbocycles. The first-order valence-electron chi connectivity index (χ1n) is 29.2. The molecule has 0 radical (unpaired) electrons. The number of esters is 1. The Morgan fingerprint density at radius 3 is 1.27 bits per heavy atom. The third-order valence-corrected chi connectivity index (χ3v) is 13.2. The first-order valence-corrected chi connectivity index (χ1v) is 30.7. The number of unbranched alkanes of at least 4 members (excludes halogenated alkanes) is 19. The second-order valence-electron chi connectivity index (χ2n) is 20.5. The van der Waals surface area contributed by atoms with Crippen LogP contribution in [0.3, 0.4) is 0 Å². The van der Waals surface area contributed by atoms with Crippen LogP contribution >= 0.6 is 7.82 Å². The van der Waals surface area contributed by atoms with Crippen LogP contribution in [-0.4, -0.2) is 74.3 Å². The van der Waals surface area contributed by atoms with Gasteiger partial charge in [-0.2, -0.15) is 0 Å². The van der Waals surface area contributed by atoms with Gasteiger partial charge in [-0.25, -0.2) is 4.57 Å². The van der Waals surface area contributed by atoms with E-state index in [-0.39, 0.29) is 32.0 Å². The van der Waals surface area contributed by atoms with Crippen molar-refractivity contribution in [2.24, 2.45) is 0 Å². The van der Waals surface area contributed by atoms with Crippen LogP contribution in [0.15, 0.2) is 109 Å². The minimum absolute atomic E-state index is 0.0164. The van der Waals surface area contributed by atoms with Crippen molar-refractivity contribution < 1.29 is 37.3 Å². The summed E-state index contributed by atoms with van der Waals surface area (Å²) in [7, 11) is 1.42. The van der Waals surface area contributed by atoms with E-state index in [0.29, 0.717) is 23.9 Å². The van der Waals surface area contributed by atoms with E-state index in [1.54, 1.807) is 0 Å². The summed E-state index contributed by atoms with van der Waals surface area (Å²) in [6, 6.07) is -0.905. The van der Waals surface area contributed by atoms with Crippen molar-refractivity contribution >= 4 is 19.7 Å². The van der Waals surface area contributed by atoms with Crippen molar-refractivity contribution in [1.29, 1.82) is 0 Å². The molecule has 1 amide bonds. The van der Waals surface area contributed by atoms with E-state index < -0.39 is 25.9 Å². The Bertz CT molecular complexity index is 1620. The number of quaternary nitrogens is 1. The largest absolute Gasteiger partial charge is 0.472 e. The quantitative estimate of drug-likeness (QED) is 0.0205. The van der Waals surface area contributed by atoms with E-state index in [4.69, 9.17) is 13.8 Å². The highest BCUT2D eigenvalue weighted by atomic mass is 31.2. The van der Waals surface area contributed by atoms with Crippen LogP contribution < -0.4 is 5.32 Å². The predicted octanol–water partition coefficient (Wildman–Crippen LogP) is 17.8. The molecule has 0 aliphatic heterocycles. The lowest BCUT2D eigenvalue weighted by Gasteiger charge is -2.27. The number of allylic oxidation sites excluding steroid dienone is 17. The third-order valence-electron chi connectivity index (χ3n) is 12.2. The van der Waals surface area contributed by atoms with Crippen LogP contribution in [0.25, 0.3) is 0 Å². The number of nitrogens with one attached hydrogen (secondary N) is 1. The van der Waals surface area contributed by atoms with Crippen molar-refractivity contribution in [1.82, 2.24) is 5.32 Å². The minimum atomic E-state index is -4.48. The molecule has 0 saturated carbocycles. The number of hydrogen-bond acceptors (Lipinski definition) is 6. The molecule has 0 heterocycles. The molecule has 0 spiro atoms. The van der Waals surface area contributed by atoms with Crippen molar-refractivity contribution in [2.45, 2.75) is 238 Å². The topological polar surface area (TPSA) is 111 Å². The average Bonchev–Trinajstić information content (AvgIpc) is 3.35. The lowest BCUT2D eigenvalue weighted by atomic mass is 10.0. The van der Waals surface area contributed by atoms with Gasteiger partial charge in [0.05, 0.1) is 33.8 Å². The molecule has 73 heavy (non-hydrogen) atoms. The molecule has 0 rings (SSSR count). The Morgan fingerprint density at radius 1 is 0.479 bits per heavy atom. The standard InChI is InChI=1S/C63H109N2O7P/c1-7-10-13-16-19-22-25-28-30-32-34-37-40-43-46-49-52-55-62(66)64-60(59-71-73(68,69)70-58-57-65(4,5)6)61(54-51-48-45-42-39-36-27-24-21-18-15-12-9-3)72-63(67)56-53-50-47-44-41-38-35-33-31-29-26-23-20-17-14-11-8-2/h19-20,22-23,28-31,34-35,37-38,43-44,46-47,51,54,60-61H,7-18,21,24-27,32-33,36,39-42,45,48-50,52-53,55-59H2,1-6H3,(H-,64,66,68,69)/p+1/b22-19-,23-20-,30-28-,31-29-,37-34-,38-35-,46-43-,47-44-,54-51+. The van der Waals surface area contributed by atoms with Crippen LogP contribution in [0.5, 0.6) is 0 Å². The summed E-state index contributed by atoms with van der Waals surface area (Å²) in [5, 5.41) is 3.00. The summed E-state index contributed by atoms with van der Waals surface area (Å²) in [6.45, 7) is 6.86. The Kier molecular flexibility index (Phi) is 49.7. The number of hydrogen-bond donors (Lipinski definition) is 2. The van der Waals surface area contributed by atoms with Crippen LogP contribution in [0.1, 0.15) is 226 Å². The molecule has 0 aliphatic rings. The number of phosphoric ester groups is 1. The number of ether oxygens (including phenoxy) is 1. The first-order chi connectivity index (χ1) is 35.4. The zero-order chi connectivity index (χ0) is 53.6. The summed E-state index contributed by atoms with van der Waals surface area (Å²) in [4.78, 5) is 37.6. The van der Waals surface area contributed by atoms with Gasteiger partial charge in [-0.15, -0.1) is 0 Å². The van der Waals surface area contributed by atoms with Crippen LogP contribution in [0.4, 0.5) is 0 Å². The van der Waals surface area contributed by atoms with E-state index in [2.05, 4.69) is 123 Å². The summed E-state index contributed by atoms with van der Waals surface area (Å²) in [5.41, 5.74) is 0. The van der Waals surface area contributed by atoms with Gasteiger partial charge < -0.3 is 19.4 Å². The molecular weight excluding hydrogens is 928 g/mol. The van der Waals surface area contributed by atoms with Gasteiger partial charge in [0.15, 0.2) is 0 Å². The van der Waals surface area contributed by atoms with Crippen molar-refractivity contribution in [3.05, 3.63) is 109 Å². The molecule has 0 aromatic heterocycles. The SMILES string of the molecule is CCCCC/C=C\C/C=C\C/C=C\C/C=C\CCCC(=O)NC(COP(=O)(O)OCC[N+](C)(C)C)C(/C=C/CCCCCCCCCCCCC)OC(=O)CCC/C=C\C/C=C\C/C=C\C/C=C\CCCCC. The van der Waals surface area contributed by atoms with E-state index in [9.17, 15) is 19.0 Å². The fourth-order valence-corrected chi connectivity index (χ4v) is 8.36. The third kappa shape index (κ3) is 53.3. The lowest BCUT2D eigenvalue weighted by Crippen LogP contribution is -2.47. The molecule has 10 heteroatoms. The second kappa shape index (κ2) is 52.1.